The van der Waals surface area contributed by atoms with Gasteiger partial charge in [-0.05, 0) is 23.8 Å². The number of carbonyl (C=O) groups is 1. The number of hydrogen-bond donors (Lipinski definition) is 5. The Morgan fingerprint density at radius 3 is 2.60 bits per heavy atom. The quantitative estimate of drug-likeness (QED) is 0.215. The average Bonchev–Trinajstić information content (AvgIpc) is 2.53. The second kappa shape index (κ2) is 7.50. The minimum absolute atomic E-state index is 0.264. The zero-order chi connectivity index (χ0) is 18.6. The number of carbonyl (C=O) groups excluding carboxylic acids is 2. The summed E-state index contributed by atoms with van der Waals surface area (Å²) in [6.45, 7) is 0. The molecule has 1 unspecified atom stereocenters. The van der Waals surface area contributed by atoms with Crippen molar-refractivity contribution in [3.8, 4) is 11.5 Å². The maximum absolute atomic E-state index is 11.9. The van der Waals surface area contributed by atoms with Crippen molar-refractivity contribution in [2.24, 2.45) is 0 Å². The topological polar surface area (TPSA) is 145 Å². The van der Waals surface area contributed by atoms with Crippen molar-refractivity contribution in [3.63, 3.8) is 0 Å². The van der Waals surface area contributed by atoms with E-state index in [0.29, 0.717) is 5.56 Å². The summed E-state index contributed by atoms with van der Waals surface area (Å²) in [5.41, 5.74) is -1.31. The molecule has 8 nitrogen and oxygen atoms in total. The Morgan fingerprint density at radius 1 is 1.24 bits per heavy atom. The first kappa shape index (κ1) is 18.7. The highest BCUT2D eigenvalue weighted by molar-refractivity contribution is 5.87. The number of aliphatic hydroxyl groups excluding tert-OH is 2. The van der Waals surface area contributed by atoms with Crippen LogP contribution in [0.2, 0.25) is 0 Å². The highest BCUT2D eigenvalue weighted by atomic mass is 16.6. The minimum atomic E-state index is -1.72. The van der Waals surface area contributed by atoms with Gasteiger partial charge in [0.1, 0.15) is 18.1 Å². The normalized spacial score (nSPS) is 29.2. The summed E-state index contributed by atoms with van der Waals surface area (Å²) in [6, 6.07) is 3.92. The molecule has 8 heteroatoms. The number of hydrogen-bond acceptors (Lipinski definition) is 8. The van der Waals surface area contributed by atoms with Gasteiger partial charge in [0.2, 0.25) is 0 Å². The van der Waals surface area contributed by atoms with Crippen LogP contribution in [-0.2, 0) is 14.3 Å². The second-order valence-corrected chi connectivity index (χ2v) is 5.89. The predicted molar refractivity (Wildman–Crippen MR) is 85.1 cm³/mol. The van der Waals surface area contributed by atoms with Gasteiger partial charge in [-0.1, -0.05) is 6.07 Å². The molecule has 1 aliphatic carbocycles. The average molecular weight is 350 g/mol. The molecule has 25 heavy (non-hydrogen) atoms. The van der Waals surface area contributed by atoms with Crippen LogP contribution in [-0.4, -0.2) is 61.4 Å². The number of phenolic OH excluding ortho intramolecular Hbond substituents is 2. The molecular formula is C17H18O8. The number of rotatable bonds is 4. The fourth-order valence-electron chi connectivity index (χ4n) is 2.62. The lowest BCUT2D eigenvalue weighted by Gasteiger charge is -2.39. The molecule has 0 aliphatic heterocycles. The van der Waals surface area contributed by atoms with Crippen molar-refractivity contribution in [3.05, 3.63) is 35.9 Å². The summed E-state index contributed by atoms with van der Waals surface area (Å²) in [5.74, 6) is -0.0895. The number of aromatic hydroxyl groups is 2. The van der Waals surface area contributed by atoms with E-state index in [9.17, 15) is 35.1 Å². The number of aliphatic hydroxyl groups is 3. The Hall–Kier alpha value is -2.64. The van der Waals surface area contributed by atoms with Crippen molar-refractivity contribution in [2.45, 2.75) is 36.8 Å². The number of esters is 1. The van der Waals surface area contributed by atoms with Gasteiger partial charge in [-0.2, -0.15) is 0 Å². The van der Waals surface area contributed by atoms with E-state index in [1.165, 1.54) is 30.2 Å². The molecule has 2 rings (SSSR count). The second-order valence-electron chi connectivity index (χ2n) is 5.89. The van der Waals surface area contributed by atoms with Crippen LogP contribution in [0, 0.1) is 0 Å². The maximum atomic E-state index is 11.9. The number of phenols is 2. The van der Waals surface area contributed by atoms with E-state index >= 15 is 0 Å². The van der Waals surface area contributed by atoms with Crippen LogP contribution in [0.3, 0.4) is 0 Å². The summed E-state index contributed by atoms with van der Waals surface area (Å²) >= 11 is 0. The third-order valence-electron chi connectivity index (χ3n) is 3.90. The third kappa shape index (κ3) is 4.68. The van der Waals surface area contributed by atoms with Crippen molar-refractivity contribution in [2.75, 3.05) is 0 Å². The van der Waals surface area contributed by atoms with E-state index in [1.807, 2.05) is 0 Å². The Morgan fingerprint density at radius 2 is 1.96 bits per heavy atom. The first-order valence-corrected chi connectivity index (χ1v) is 7.45. The molecule has 0 spiro atoms. The molecule has 4 atom stereocenters. The van der Waals surface area contributed by atoms with E-state index in [4.69, 9.17) is 4.74 Å². The molecular weight excluding hydrogens is 332 g/mol. The Labute approximate surface area is 142 Å². The van der Waals surface area contributed by atoms with Gasteiger partial charge in [0.25, 0.3) is 0 Å². The molecule has 0 radical (unpaired) electrons. The Balaban J connectivity index is 2.06. The smallest absolute Gasteiger partial charge is 0.331 e. The molecule has 1 fully saturated rings. The monoisotopic (exact) mass is 350 g/mol. The Bertz CT molecular complexity index is 721. The molecule has 1 aliphatic rings. The van der Waals surface area contributed by atoms with Crippen LogP contribution in [0.5, 0.6) is 11.5 Å². The lowest BCUT2D eigenvalue weighted by molar-refractivity contribution is -0.174. The largest absolute Gasteiger partial charge is 0.504 e. The van der Waals surface area contributed by atoms with Gasteiger partial charge in [0.15, 0.2) is 11.5 Å². The van der Waals surface area contributed by atoms with Gasteiger partial charge < -0.3 is 30.3 Å². The van der Waals surface area contributed by atoms with E-state index in [1.54, 1.807) is 0 Å². The van der Waals surface area contributed by atoms with Crippen LogP contribution in [0.1, 0.15) is 18.4 Å². The van der Waals surface area contributed by atoms with Crippen LogP contribution in [0.15, 0.2) is 30.4 Å². The zero-order valence-electron chi connectivity index (χ0n) is 13.1. The molecule has 0 heterocycles. The molecule has 0 saturated heterocycles. The summed E-state index contributed by atoms with van der Waals surface area (Å²) in [6.07, 6.45) is -1.39. The van der Waals surface area contributed by atoms with Crippen LogP contribution in [0.4, 0.5) is 0 Å². The minimum Gasteiger partial charge on any atom is -0.504 e. The first-order chi connectivity index (χ1) is 11.7. The molecule has 1 aromatic carbocycles. The fraction of sp³-hybridized carbons (Fsp3) is 0.353. The summed E-state index contributed by atoms with van der Waals surface area (Å²) in [4.78, 5) is 22.3. The van der Waals surface area contributed by atoms with Crippen LogP contribution in [0.25, 0.3) is 6.08 Å². The molecule has 5 N–H and O–H groups in total. The summed E-state index contributed by atoms with van der Waals surface area (Å²) < 4.78 is 5.03. The lowest BCUT2D eigenvalue weighted by atomic mass is 9.79. The van der Waals surface area contributed by atoms with Gasteiger partial charge in [-0.3, -0.25) is 0 Å². The van der Waals surface area contributed by atoms with Gasteiger partial charge in [0, 0.05) is 25.0 Å². The lowest BCUT2D eigenvalue weighted by Crippen LogP contribution is -2.53. The zero-order valence-corrected chi connectivity index (χ0v) is 13.1. The van der Waals surface area contributed by atoms with Crippen molar-refractivity contribution in [1.29, 1.82) is 0 Å². The third-order valence-corrected chi connectivity index (χ3v) is 3.90. The highest BCUT2D eigenvalue weighted by Crippen LogP contribution is 2.31. The van der Waals surface area contributed by atoms with Crippen LogP contribution >= 0.6 is 0 Å². The molecule has 0 aromatic heterocycles. The first-order valence-electron chi connectivity index (χ1n) is 7.45. The molecule has 134 valence electrons. The molecule has 0 amide bonds. The van der Waals surface area contributed by atoms with Gasteiger partial charge in [0.05, 0.1) is 11.7 Å². The van der Waals surface area contributed by atoms with Gasteiger partial charge in [-0.15, -0.1) is 0 Å². The van der Waals surface area contributed by atoms with Crippen molar-refractivity contribution < 1.29 is 39.9 Å². The summed E-state index contributed by atoms with van der Waals surface area (Å²) in [7, 11) is 0. The number of ether oxygens (including phenoxy) is 1. The summed E-state index contributed by atoms with van der Waals surface area (Å²) in [5, 5.41) is 48.4. The number of benzene rings is 1. The SMILES string of the molecule is O=C=C[C@]1(O)CC(OC(=O)C=Cc2ccc(O)c(O)c2)[C@@H](O)[C@@H](O)C1. The van der Waals surface area contributed by atoms with Gasteiger partial charge >= 0.3 is 5.97 Å². The van der Waals surface area contributed by atoms with Crippen molar-refractivity contribution in [1.82, 2.24) is 0 Å². The fourth-order valence-corrected chi connectivity index (χ4v) is 2.62. The van der Waals surface area contributed by atoms with E-state index in [-0.39, 0.29) is 24.3 Å². The van der Waals surface area contributed by atoms with Crippen LogP contribution < -0.4 is 0 Å². The molecule has 0 bridgehead atoms. The van der Waals surface area contributed by atoms with E-state index < -0.39 is 29.9 Å². The van der Waals surface area contributed by atoms with E-state index in [0.717, 1.165) is 12.2 Å². The van der Waals surface area contributed by atoms with Gasteiger partial charge in [-0.25, -0.2) is 9.59 Å². The standard InChI is InChI=1S/C17H18O8/c18-6-5-17(24)8-13(21)16(23)14(9-17)25-15(22)4-2-10-1-3-11(19)12(20)7-10/h1-5,7,13-14,16,19-21,23-24H,8-9H2/t13-,14?,16-,17+/m0/s1. The molecule has 1 aromatic rings. The van der Waals surface area contributed by atoms with E-state index in [2.05, 4.69) is 0 Å². The maximum Gasteiger partial charge on any atom is 0.331 e. The molecule has 1 saturated carbocycles. The van der Waals surface area contributed by atoms with Crippen molar-refractivity contribution >= 4 is 18.0 Å². The highest BCUT2D eigenvalue weighted by Gasteiger charge is 2.45. The Kier molecular flexibility index (Phi) is 5.61. The predicted octanol–water partition coefficient (Wildman–Crippen LogP) is -0.343.